The summed E-state index contributed by atoms with van der Waals surface area (Å²) in [5.74, 6) is 0.438. The first-order valence-corrected chi connectivity index (χ1v) is 12.6. The van der Waals surface area contributed by atoms with Crippen LogP contribution in [-0.2, 0) is 26.1 Å². The third-order valence-electron chi connectivity index (χ3n) is 5.35. The maximum atomic E-state index is 13.0. The Bertz CT molecular complexity index is 1110. The molecule has 10 heteroatoms. The smallest absolute Gasteiger partial charge is 0.338 e. The van der Waals surface area contributed by atoms with Crippen molar-refractivity contribution >= 4 is 27.6 Å². The van der Waals surface area contributed by atoms with E-state index in [1.165, 1.54) is 28.6 Å². The Morgan fingerprint density at radius 1 is 1.09 bits per heavy atom. The van der Waals surface area contributed by atoms with Crippen molar-refractivity contribution in [1.29, 1.82) is 0 Å². The number of fused-ring (bicyclic) bond motifs is 1. The number of hydrogen-bond acceptors (Lipinski definition) is 7. The van der Waals surface area contributed by atoms with E-state index in [-0.39, 0.29) is 42.4 Å². The molecule has 0 radical (unpaired) electrons. The highest BCUT2D eigenvalue weighted by molar-refractivity contribution is 7.89. The topological polar surface area (TPSA) is 91.4 Å². The quantitative estimate of drug-likeness (QED) is 0.584. The van der Waals surface area contributed by atoms with Crippen LogP contribution in [0.4, 0.5) is 0 Å². The van der Waals surface area contributed by atoms with Gasteiger partial charge in [-0.2, -0.15) is 4.31 Å². The van der Waals surface area contributed by atoms with E-state index in [0.29, 0.717) is 35.3 Å². The fourth-order valence-corrected chi connectivity index (χ4v) is 5.72. The van der Waals surface area contributed by atoms with E-state index in [0.717, 1.165) is 6.42 Å². The lowest BCUT2D eigenvalue weighted by atomic mass is 10.2. The summed E-state index contributed by atoms with van der Waals surface area (Å²) in [5.41, 5.74) is 0.908. The van der Waals surface area contributed by atoms with Crippen LogP contribution < -0.4 is 9.47 Å². The molecular weight excluding hydrogens is 470 g/mol. The van der Waals surface area contributed by atoms with E-state index >= 15 is 0 Å². The van der Waals surface area contributed by atoms with Gasteiger partial charge >= 0.3 is 5.97 Å². The molecule has 2 atom stereocenters. The minimum Gasteiger partial charge on any atom is -0.489 e. The largest absolute Gasteiger partial charge is 0.489 e. The number of halogens is 1. The normalized spacial score (nSPS) is 21.3. The second-order valence-electron chi connectivity index (χ2n) is 8.14. The maximum absolute atomic E-state index is 13.0. The van der Waals surface area contributed by atoms with Crippen molar-refractivity contribution in [3.8, 4) is 11.5 Å². The average molecular weight is 496 g/mol. The Kier molecular flexibility index (Phi) is 7.13. The highest BCUT2D eigenvalue weighted by Gasteiger charge is 2.32. The highest BCUT2D eigenvalue weighted by atomic mass is 35.5. The Balaban J connectivity index is 1.42. The molecule has 2 aromatic carbocycles. The monoisotopic (exact) mass is 495 g/mol. The summed E-state index contributed by atoms with van der Waals surface area (Å²) in [7, 11) is -3.68. The lowest BCUT2D eigenvalue weighted by molar-refractivity contribution is -0.0440. The van der Waals surface area contributed by atoms with Crippen LogP contribution in [0.5, 0.6) is 11.5 Å². The summed E-state index contributed by atoms with van der Waals surface area (Å²) in [6.07, 6.45) is 0.386. The molecule has 0 amide bonds. The minimum absolute atomic E-state index is 0.0151. The fraction of sp³-hybridized carbons (Fsp3) is 0.435. The first-order valence-electron chi connectivity index (χ1n) is 10.7. The van der Waals surface area contributed by atoms with Crippen molar-refractivity contribution < 1.29 is 32.2 Å². The van der Waals surface area contributed by atoms with Crippen LogP contribution in [0.25, 0.3) is 0 Å². The minimum atomic E-state index is -3.68. The molecule has 1 fully saturated rings. The molecule has 178 valence electrons. The molecule has 1 saturated heterocycles. The van der Waals surface area contributed by atoms with Gasteiger partial charge in [-0.1, -0.05) is 11.6 Å². The van der Waals surface area contributed by atoms with Crippen LogP contribution in [-0.4, -0.2) is 57.2 Å². The van der Waals surface area contributed by atoms with Gasteiger partial charge in [-0.05, 0) is 55.8 Å². The van der Waals surface area contributed by atoms with Crippen molar-refractivity contribution in [3.63, 3.8) is 0 Å². The molecule has 0 bridgehead atoms. The van der Waals surface area contributed by atoms with Crippen LogP contribution in [0.15, 0.2) is 41.3 Å². The molecule has 8 nitrogen and oxygen atoms in total. The summed E-state index contributed by atoms with van der Waals surface area (Å²) in [6.45, 7) is 5.28. The summed E-state index contributed by atoms with van der Waals surface area (Å²) in [5, 5.41) is 0.391. The number of esters is 1. The van der Waals surface area contributed by atoms with Crippen molar-refractivity contribution in [2.24, 2.45) is 0 Å². The lowest BCUT2D eigenvalue weighted by Gasteiger charge is -2.34. The second-order valence-corrected chi connectivity index (χ2v) is 10.5. The van der Waals surface area contributed by atoms with E-state index in [1.54, 1.807) is 12.1 Å². The molecule has 2 aliphatic heterocycles. The van der Waals surface area contributed by atoms with Gasteiger partial charge in [0.15, 0.2) is 11.5 Å². The number of morpholine rings is 1. The third kappa shape index (κ3) is 5.43. The Morgan fingerprint density at radius 2 is 1.76 bits per heavy atom. The predicted molar refractivity (Wildman–Crippen MR) is 121 cm³/mol. The van der Waals surface area contributed by atoms with Gasteiger partial charge < -0.3 is 18.9 Å². The van der Waals surface area contributed by atoms with E-state index in [4.69, 9.17) is 30.5 Å². The number of benzene rings is 2. The first kappa shape index (κ1) is 23.8. The molecule has 0 aliphatic carbocycles. The molecule has 2 unspecified atom stereocenters. The van der Waals surface area contributed by atoms with Crippen LogP contribution in [0.1, 0.15) is 36.2 Å². The summed E-state index contributed by atoms with van der Waals surface area (Å²) < 4.78 is 49.6. The molecule has 2 aromatic rings. The van der Waals surface area contributed by atoms with Crippen molar-refractivity contribution in [1.82, 2.24) is 4.31 Å². The van der Waals surface area contributed by atoms with Gasteiger partial charge in [0.2, 0.25) is 10.0 Å². The molecule has 0 spiro atoms. The number of rotatable bonds is 5. The average Bonchev–Trinajstić information content (AvgIpc) is 3.03. The Morgan fingerprint density at radius 3 is 2.45 bits per heavy atom. The van der Waals surface area contributed by atoms with Gasteiger partial charge in [-0.15, -0.1) is 0 Å². The Hall–Kier alpha value is -2.33. The lowest BCUT2D eigenvalue weighted by Crippen LogP contribution is -2.48. The maximum Gasteiger partial charge on any atom is 0.338 e. The third-order valence-corrected chi connectivity index (χ3v) is 7.47. The standard InChI is InChI=1S/C23H26ClNO7S/c1-15-12-25(13-16(2)32-15)33(27,28)19-6-4-18(5-7-19)23(26)31-14-17-10-20(24)22-21(11-17)29-8-3-9-30-22/h4-7,10-11,15-16H,3,8-9,12-14H2,1-2H3. The SMILES string of the molecule is CC1CN(S(=O)(=O)c2ccc(C(=O)OCc3cc(Cl)c4c(c3)OCCCO4)cc2)CC(C)O1. The summed E-state index contributed by atoms with van der Waals surface area (Å²) in [6, 6.07) is 9.14. The number of carbonyl (C=O) groups is 1. The second kappa shape index (κ2) is 9.89. The fourth-order valence-electron chi connectivity index (χ4n) is 3.84. The van der Waals surface area contributed by atoms with Gasteiger partial charge in [0.25, 0.3) is 0 Å². The summed E-state index contributed by atoms with van der Waals surface area (Å²) >= 11 is 6.28. The van der Waals surface area contributed by atoms with Crippen LogP contribution in [0, 0.1) is 0 Å². The van der Waals surface area contributed by atoms with Crippen LogP contribution in [0.2, 0.25) is 5.02 Å². The van der Waals surface area contributed by atoms with Crippen molar-refractivity contribution in [2.45, 2.75) is 44.0 Å². The molecular formula is C23H26ClNO7S. The van der Waals surface area contributed by atoms with E-state index in [2.05, 4.69) is 0 Å². The zero-order valence-electron chi connectivity index (χ0n) is 18.5. The number of carbonyl (C=O) groups excluding carboxylic acids is 1. The summed E-state index contributed by atoms with van der Waals surface area (Å²) in [4.78, 5) is 12.6. The van der Waals surface area contributed by atoms with Gasteiger partial charge in [-0.3, -0.25) is 0 Å². The molecule has 0 N–H and O–H groups in total. The number of ether oxygens (including phenoxy) is 4. The number of hydrogen-bond donors (Lipinski definition) is 0. The first-order chi connectivity index (χ1) is 15.7. The Labute approximate surface area is 198 Å². The zero-order valence-corrected chi connectivity index (χ0v) is 20.0. The van der Waals surface area contributed by atoms with Gasteiger partial charge in [0.05, 0.1) is 40.9 Å². The molecule has 2 aliphatic rings. The van der Waals surface area contributed by atoms with Crippen molar-refractivity contribution in [3.05, 3.63) is 52.5 Å². The molecule has 4 rings (SSSR count). The van der Waals surface area contributed by atoms with Gasteiger partial charge in [-0.25, -0.2) is 13.2 Å². The molecule has 33 heavy (non-hydrogen) atoms. The highest BCUT2D eigenvalue weighted by Crippen LogP contribution is 2.38. The zero-order chi connectivity index (χ0) is 23.6. The molecule has 2 heterocycles. The van der Waals surface area contributed by atoms with Crippen LogP contribution >= 0.6 is 11.6 Å². The van der Waals surface area contributed by atoms with Crippen LogP contribution in [0.3, 0.4) is 0 Å². The van der Waals surface area contributed by atoms with Crippen molar-refractivity contribution in [2.75, 3.05) is 26.3 Å². The number of nitrogens with zero attached hydrogens (tertiary/aromatic N) is 1. The van der Waals surface area contributed by atoms with Gasteiger partial charge in [0, 0.05) is 19.5 Å². The van der Waals surface area contributed by atoms with E-state index in [9.17, 15) is 13.2 Å². The molecule has 0 aromatic heterocycles. The van der Waals surface area contributed by atoms with E-state index < -0.39 is 16.0 Å². The predicted octanol–water partition coefficient (Wildman–Crippen LogP) is 3.66. The molecule has 0 saturated carbocycles. The van der Waals surface area contributed by atoms with E-state index in [1.807, 2.05) is 13.8 Å². The number of sulfonamides is 1. The van der Waals surface area contributed by atoms with Gasteiger partial charge in [0.1, 0.15) is 6.61 Å².